The minimum atomic E-state index is 0.197. The van der Waals surface area contributed by atoms with Crippen molar-refractivity contribution in [2.24, 2.45) is 0 Å². The molecule has 0 unspecified atom stereocenters. The number of hydrogen-bond donors (Lipinski definition) is 1. The lowest BCUT2D eigenvalue weighted by atomic mass is 10.2. The predicted molar refractivity (Wildman–Crippen MR) is 74.9 cm³/mol. The maximum absolute atomic E-state index is 5.76. The van der Waals surface area contributed by atoms with Crippen LogP contribution in [-0.4, -0.2) is 4.98 Å². The molecule has 2 rings (SSSR count). The highest BCUT2D eigenvalue weighted by Crippen LogP contribution is 2.22. The van der Waals surface area contributed by atoms with Crippen LogP contribution in [0.4, 0.5) is 0 Å². The molecule has 2 atom stereocenters. The highest BCUT2D eigenvalue weighted by molar-refractivity contribution is 7.09. The van der Waals surface area contributed by atoms with Crippen molar-refractivity contribution in [2.45, 2.75) is 46.2 Å². The van der Waals surface area contributed by atoms with E-state index in [1.807, 2.05) is 13.0 Å². The van der Waals surface area contributed by atoms with Gasteiger partial charge in [-0.25, -0.2) is 4.98 Å². The third kappa shape index (κ3) is 3.00. The summed E-state index contributed by atoms with van der Waals surface area (Å²) in [6.45, 7) is 8.38. The van der Waals surface area contributed by atoms with Crippen LogP contribution >= 0.6 is 11.3 Å². The Hall–Kier alpha value is -1.13. The lowest BCUT2D eigenvalue weighted by Gasteiger charge is -2.16. The molecule has 0 aliphatic carbocycles. The number of hydrogen-bond acceptors (Lipinski definition) is 4. The molecule has 0 saturated heterocycles. The molecule has 18 heavy (non-hydrogen) atoms. The van der Waals surface area contributed by atoms with Gasteiger partial charge in [0.15, 0.2) is 0 Å². The minimum Gasteiger partial charge on any atom is -0.464 e. The Morgan fingerprint density at radius 3 is 2.67 bits per heavy atom. The molecule has 0 aliphatic heterocycles. The summed E-state index contributed by atoms with van der Waals surface area (Å²) in [5.41, 5.74) is 1.10. The molecule has 0 amide bonds. The highest BCUT2D eigenvalue weighted by atomic mass is 32.1. The third-order valence-electron chi connectivity index (χ3n) is 3.04. The second-order valence-electron chi connectivity index (χ2n) is 4.56. The number of rotatable bonds is 5. The molecule has 0 saturated carbocycles. The summed E-state index contributed by atoms with van der Waals surface area (Å²) >= 11 is 1.69. The topological polar surface area (TPSA) is 38.1 Å². The molecule has 0 aromatic carbocycles. The molecule has 98 valence electrons. The van der Waals surface area contributed by atoms with Crippen molar-refractivity contribution in [3.63, 3.8) is 0 Å². The Bertz CT molecular complexity index is 503. The van der Waals surface area contributed by atoms with E-state index in [0.29, 0.717) is 0 Å². The SMILES string of the molecule is CCc1ccc([C@H](C)N[C@@H](C)c2csc(C)n2)o1. The quantitative estimate of drug-likeness (QED) is 0.886. The van der Waals surface area contributed by atoms with Crippen molar-refractivity contribution in [1.29, 1.82) is 0 Å². The summed E-state index contributed by atoms with van der Waals surface area (Å²) in [5, 5.41) is 6.73. The van der Waals surface area contributed by atoms with Crippen molar-refractivity contribution < 1.29 is 4.42 Å². The van der Waals surface area contributed by atoms with E-state index in [1.165, 1.54) is 0 Å². The minimum absolute atomic E-state index is 0.197. The number of aromatic nitrogens is 1. The molecule has 0 spiro atoms. The maximum atomic E-state index is 5.76. The van der Waals surface area contributed by atoms with Crippen LogP contribution in [-0.2, 0) is 6.42 Å². The van der Waals surface area contributed by atoms with Gasteiger partial charge in [-0.3, -0.25) is 5.32 Å². The molecular weight excluding hydrogens is 244 g/mol. The van der Waals surface area contributed by atoms with E-state index in [1.54, 1.807) is 11.3 Å². The Labute approximate surface area is 112 Å². The van der Waals surface area contributed by atoms with Gasteiger partial charge < -0.3 is 4.42 Å². The van der Waals surface area contributed by atoms with Crippen molar-refractivity contribution in [3.8, 4) is 0 Å². The predicted octanol–water partition coefficient (Wildman–Crippen LogP) is 4.02. The van der Waals surface area contributed by atoms with E-state index in [2.05, 4.69) is 42.5 Å². The fourth-order valence-electron chi connectivity index (χ4n) is 1.94. The van der Waals surface area contributed by atoms with E-state index in [0.717, 1.165) is 28.6 Å². The summed E-state index contributed by atoms with van der Waals surface area (Å²) in [6.07, 6.45) is 0.938. The lowest BCUT2D eigenvalue weighted by molar-refractivity contribution is 0.385. The first-order valence-electron chi connectivity index (χ1n) is 6.36. The molecule has 0 radical (unpaired) electrons. The van der Waals surface area contributed by atoms with Gasteiger partial charge in [-0.15, -0.1) is 11.3 Å². The summed E-state index contributed by atoms with van der Waals surface area (Å²) in [4.78, 5) is 4.50. The number of thiazole rings is 1. The zero-order valence-electron chi connectivity index (χ0n) is 11.4. The molecule has 1 N–H and O–H groups in total. The number of nitrogens with zero attached hydrogens (tertiary/aromatic N) is 1. The fraction of sp³-hybridized carbons (Fsp3) is 0.500. The van der Waals surface area contributed by atoms with E-state index >= 15 is 0 Å². The van der Waals surface area contributed by atoms with Crippen LogP contribution in [0.15, 0.2) is 21.9 Å². The molecule has 2 aromatic heterocycles. The van der Waals surface area contributed by atoms with E-state index in [4.69, 9.17) is 4.42 Å². The highest BCUT2D eigenvalue weighted by Gasteiger charge is 2.15. The second-order valence-corrected chi connectivity index (χ2v) is 5.62. The number of furan rings is 1. The van der Waals surface area contributed by atoms with Crippen LogP contribution < -0.4 is 5.32 Å². The molecular formula is C14H20N2OS. The van der Waals surface area contributed by atoms with Crippen LogP contribution in [0, 0.1) is 6.92 Å². The zero-order valence-corrected chi connectivity index (χ0v) is 12.2. The van der Waals surface area contributed by atoms with Crippen molar-refractivity contribution >= 4 is 11.3 Å². The van der Waals surface area contributed by atoms with Crippen LogP contribution in [0.25, 0.3) is 0 Å². The van der Waals surface area contributed by atoms with E-state index < -0.39 is 0 Å². The molecule has 4 heteroatoms. The Morgan fingerprint density at radius 2 is 2.11 bits per heavy atom. The first-order chi connectivity index (χ1) is 8.60. The van der Waals surface area contributed by atoms with E-state index in [9.17, 15) is 0 Å². The third-order valence-corrected chi connectivity index (χ3v) is 3.83. The van der Waals surface area contributed by atoms with Gasteiger partial charge in [0.05, 0.1) is 16.7 Å². The summed E-state index contributed by atoms with van der Waals surface area (Å²) in [7, 11) is 0. The van der Waals surface area contributed by atoms with Crippen LogP contribution in [0.1, 0.15) is 55.1 Å². The molecule has 3 nitrogen and oxygen atoms in total. The Morgan fingerprint density at radius 1 is 1.33 bits per heavy atom. The number of aryl methyl sites for hydroxylation is 2. The van der Waals surface area contributed by atoms with Gasteiger partial charge in [0, 0.05) is 17.8 Å². The van der Waals surface area contributed by atoms with Crippen molar-refractivity contribution in [2.75, 3.05) is 0 Å². The fourth-order valence-corrected chi connectivity index (χ4v) is 2.65. The first kappa shape index (κ1) is 13.3. The van der Waals surface area contributed by atoms with Crippen LogP contribution in [0.5, 0.6) is 0 Å². The molecule has 2 aromatic rings. The van der Waals surface area contributed by atoms with Crippen molar-refractivity contribution in [1.82, 2.24) is 10.3 Å². The summed E-state index contributed by atoms with van der Waals surface area (Å²) in [5.74, 6) is 2.03. The summed E-state index contributed by atoms with van der Waals surface area (Å²) < 4.78 is 5.76. The van der Waals surface area contributed by atoms with Crippen LogP contribution in [0.2, 0.25) is 0 Å². The smallest absolute Gasteiger partial charge is 0.120 e. The molecule has 2 heterocycles. The summed E-state index contributed by atoms with van der Waals surface area (Å²) in [6, 6.07) is 4.53. The zero-order chi connectivity index (χ0) is 13.1. The monoisotopic (exact) mass is 264 g/mol. The Kier molecular flexibility index (Phi) is 4.19. The van der Waals surface area contributed by atoms with Gasteiger partial charge in [0.1, 0.15) is 11.5 Å². The Balaban J connectivity index is 2.00. The van der Waals surface area contributed by atoms with Gasteiger partial charge >= 0.3 is 0 Å². The average Bonchev–Trinajstić information content (AvgIpc) is 2.97. The van der Waals surface area contributed by atoms with Gasteiger partial charge in [-0.1, -0.05) is 6.92 Å². The lowest BCUT2D eigenvalue weighted by Crippen LogP contribution is -2.22. The van der Waals surface area contributed by atoms with Crippen molar-refractivity contribution in [3.05, 3.63) is 39.7 Å². The van der Waals surface area contributed by atoms with Gasteiger partial charge in [0.2, 0.25) is 0 Å². The van der Waals surface area contributed by atoms with Gasteiger partial charge in [0.25, 0.3) is 0 Å². The van der Waals surface area contributed by atoms with Gasteiger partial charge in [-0.2, -0.15) is 0 Å². The van der Waals surface area contributed by atoms with E-state index in [-0.39, 0.29) is 12.1 Å². The second kappa shape index (κ2) is 5.67. The van der Waals surface area contributed by atoms with Gasteiger partial charge in [-0.05, 0) is 32.9 Å². The number of nitrogens with one attached hydrogen (secondary N) is 1. The first-order valence-corrected chi connectivity index (χ1v) is 7.24. The molecule has 0 aliphatic rings. The molecule has 0 fully saturated rings. The maximum Gasteiger partial charge on any atom is 0.120 e. The molecule has 0 bridgehead atoms. The largest absolute Gasteiger partial charge is 0.464 e. The van der Waals surface area contributed by atoms with Crippen LogP contribution in [0.3, 0.4) is 0 Å². The standard InChI is InChI=1S/C14H20N2OS/c1-5-12-6-7-14(17-12)10(3)15-9(2)13-8-18-11(4)16-13/h6-10,15H,5H2,1-4H3/t9-,10-/m0/s1. The average molecular weight is 264 g/mol. The normalized spacial score (nSPS) is 14.7.